The number of nitriles is 1. The molecule has 2 aromatic rings. The quantitative estimate of drug-likeness (QED) is 0.701. The highest BCUT2D eigenvalue weighted by Crippen LogP contribution is 2.30. The average molecular weight is 409 g/mol. The van der Waals surface area contributed by atoms with E-state index in [0.29, 0.717) is 4.47 Å². The Morgan fingerprint density at radius 2 is 1.92 bits per heavy atom. The van der Waals surface area contributed by atoms with Gasteiger partial charge in [-0.2, -0.15) is 9.57 Å². The third-order valence-electron chi connectivity index (χ3n) is 3.42. The lowest BCUT2D eigenvalue weighted by Gasteiger charge is -2.22. The van der Waals surface area contributed by atoms with Crippen LogP contribution >= 0.6 is 15.9 Å². The predicted octanol–water partition coefficient (Wildman–Crippen LogP) is 3.56. The van der Waals surface area contributed by atoms with E-state index in [1.165, 1.54) is 17.5 Å². The van der Waals surface area contributed by atoms with Crippen molar-refractivity contribution in [2.24, 2.45) is 0 Å². The Morgan fingerprint density at radius 3 is 2.54 bits per heavy atom. The van der Waals surface area contributed by atoms with Gasteiger partial charge >= 0.3 is 0 Å². The molecular formula is C17H17BrN2O3S. The molecule has 0 N–H and O–H groups in total. The second kappa shape index (κ2) is 8.29. The number of rotatable bonds is 7. The molecule has 0 saturated heterocycles. The summed E-state index contributed by atoms with van der Waals surface area (Å²) in [6.45, 7) is 0.309. The highest BCUT2D eigenvalue weighted by Gasteiger charge is 2.28. The standard InChI is InChI=1S/C17H17BrN2O3S/c1-23-16-9-8-15(18)12-17(16)24(21,22)20(11-5-10-19)13-14-6-3-2-4-7-14/h2-4,6-9,12H,5,11,13H2,1H3. The van der Waals surface area contributed by atoms with Crippen molar-refractivity contribution in [3.05, 3.63) is 58.6 Å². The third kappa shape index (κ3) is 4.35. The molecule has 126 valence electrons. The zero-order chi connectivity index (χ0) is 17.6. The minimum absolute atomic E-state index is 0.0771. The van der Waals surface area contributed by atoms with Crippen LogP contribution in [0.1, 0.15) is 12.0 Å². The van der Waals surface area contributed by atoms with E-state index in [2.05, 4.69) is 15.9 Å². The monoisotopic (exact) mass is 408 g/mol. The molecule has 2 aromatic carbocycles. The molecule has 0 aromatic heterocycles. The van der Waals surface area contributed by atoms with Gasteiger partial charge < -0.3 is 4.74 Å². The number of nitrogens with zero attached hydrogens (tertiary/aromatic N) is 2. The first-order valence-electron chi connectivity index (χ1n) is 7.23. The molecule has 0 saturated carbocycles. The van der Waals surface area contributed by atoms with Crippen molar-refractivity contribution in [1.29, 1.82) is 5.26 Å². The van der Waals surface area contributed by atoms with Gasteiger partial charge in [-0.25, -0.2) is 8.42 Å². The maximum absolute atomic E-state index is 13.1. The molecule has 0 unspecified atom stereocenters. The van der Waals surface area contributed by atoms with Crippen LogP contribution < -0.4 is 4.74 Å². The Bertz CT molecular complexity index is 833. The summed E-state index contributed by atoms with van der Waals surface area (Å²) in [5.74, 6) is 0.271. The average Bonchev–Trinajstić information content (AvgIpc) is 2.59. The molecule has 24 heavy (non-hydrogen) atoms. The van der Waals surface area contributed by atoms with Gasteiger partial charge in [0.05, 0.1) is 13.2 Å². The van der Waals surface area contributed by atoms with Crippen molar-refractivity contribution in [2.45, 2.75) is 17.9 Å². The van der Waals surface area contributed by atoms with Gasteiger partial charge in [0, 0.05) is 24.0 Å². The minimum Gasteiger partial charge on any atom is -0.495 e. The zero-order valence-electron chi connectivity index (χ0n) is 13.1. The fourth-order valence-corrected chi connectivity index (χ4v) is 4.36. The van der Waals surface area contributed by atoms with E-state index in [-0.39, 0.29) is 30.2 Å². The molecule has 0 aliphatic rings. The maximum atomic E-state index is 13.1. The smallest absolute Gasteiger partial charge is 0.247 e. The molecule has 7 heteroatoms. The van der Waals surface area contributed by atoms with Crippen LogP contribution in [0, 0.1) is 11.3 Å². The summed E-state index contributed by atoms with van der Waals surface area (Å²) in [5.41, 5.74) is 0.855. The number of hydrogen-bond donors (Lipinski definition) is 0. The van der Waals surface area contributed by atoms with Crippen molar-refractivity contribution in [3.8, 4) is 11.8 Å². The molecule has 0 amide bonds. The molecule has 5 nitrogen and oxygen atoms in total. The SMILES string of the molecule is COc1ccc(Br)cc1S(=O)(=O)N(CCC#N)Cc1ccccc1. The van der Waals surface area contributed by atoms with Crippen molar-refractivity contribution in [1.82, 2.24) is 4.31 Å². The Hall–Kier alpha value is -1.88. The molecule has 0 aliphatic carbocycles. The Labute approximate surface area is 150 Å². The summed E-state index contributed by atoms with van der Waals surface area (Å²) < 4.78 is 33.3. The summed E-state index contributed by atoms with van der Waals surface area (Å²) in [6, 6.07) is 16.1. The first kappa shape index (κ1) is 18.5. The zero-order valence-corrected chi connectivity index (χ0v) is 15.5. The van der Waals surface area contributed by atoms with Crippen LogP contribution in [0.4, 0.5) is 0 Å². The lowest BCUT2D eigenvalue weighted by Crippen LogP contribution is -2.31. The highest BCUT2D eigenvalue weighted by atomic mass is 79.9. The molecule has 0 heterocycles. The van der Waals surface area contributed by atoms with Crippen LogP contribution in [0.3, 0.4) is 0 Å². The van der Waals surface area contributed by atoms with Crippen molar-refractivity contribution < 1.29 is 13.2 Å². The number of methoxy groups -OCH3 is 1. The van der Waals surface area contributed by atoms with Crippen LogP contribution in [0.25, 0.3) is 0 Å². The van der Waals surface area contributed by atoms with Gasteiger partial charge in [-0.05, 0) is 23.8 Å². The molecule has 0 bridgehead atoms. The van der Waals surface area contributed by atoms with Crippen molar-refractivity contribution >= 4 is 26.0 Å². The molecule has 0 radical (unpaired) electrons. The lowest BCUT2D eigenvalue weighted by atomic mass is 10.2. The van der Waals surface area contributed by atoms with Crippen LogP contribution in [-0.4, -0.2) is 26.4 Å². The van der Waals surface area contributed by atoms with Gasteiger partial charge in [0.2, 0.25) is 10.0 Å². The summed E-state index contributed by atoms with van der Waals surface area (Å²) in [5, 5.41) is 8.86. The number of ether oxygens (including phenoxy) is 1. The molecule has 0 atom stereocenters. The van der Waals surface area contributed by atoms with Gasteiger partial charge in [-0.1, -0.05) is 46.3 Å². The van der Waals surface area contributed by atoms with Gasteiger partial charge in [0.25, 0.3) is 0 Å². The van der Waals surface area contributed by atoms with Crippen molar-refractivity contribution in [2.75, 3.05) is 13.7 Å². The van der Waals surface area contributed by atoms with Crippen LogP contribution in [-0.2, 0) is 16.6 Å². The van der Waals surface area contributed by atoms with E-state index in [1.807, 2.05) is 36.4 Å². The number of hydrogen-bond acceptors (Lipinski definition) is 4. The second-order valence-corrected chi connectivity index (χ2v) is 7.85. The Balaban J connectivity index is 2.44. The van der Waals surface area contributed by atoms with Gasteiger partial charge in [-0.15, -0.1) is 0 Å². The highest BCUT2D eigenvalue weighted by molar-refractivity contribution is 9.10. The fourth-order valence-electron chi connectivity index (χ4n) is 2.24. The molecule has 0 spiro atoms. The number of sulfonamides is 1. The molecule has 0 fully saturated rings. The van der Waals surface area contributed by atoms with Gasteiger partial charge in [0.15, 0.2) is 0 Å². The number of halogens is 1. The van der Waals surface area contributed by atoms with Crippen LogP contribution in [0.2, 0.25) is 0 Å². The summed E-state index contributed by atoms with van der Waals surface area (Å²) in [7, 11) is -2.38. The second-order valence-electron chi connectivity index (χ2n) is 5.03. The van der Waals surface area contributed by atoms with E-state index >= 15 is 0 Å². The van der Waals surface area contributed by atoms with Gasteiger partial charge in [0.1, 0.15) is 10.6 Å². The lowest BCUT2D eigenvalue weighted by molar-refractivity contribution is 0.388. The van der Waals surface area contributed by atoms with E-state index < -0.39 is 10.0 Å². The topological polar surface area (TPSA) is 70.4 Å². The molecule has 2 rings (SSSR count). The maximum Gasteiger partial charge on any atom is 0.247 e. The Morgan fingerprint density at radius 1 is 1.21 bits per heavy atom. The minimum atomic E-state index is -3.81. The normalized spacial score (nSPS) is 11.2. The van der Waals surface area contributed by atoms with Crippen LogP contribution in [0.5, 0.6) is 5.75 Å². The van der Waals surface area contributed by atoms with Crippen molar-refractivity contribution in [3.63, 3.8) is 0 Å². The third-order valence-corrected chi connectivity index (χ3v) is 5.78. The van der Waals surface area contributed by atoms with E-state index in [0.717, 1.165) is 5.56 Å². The summed E-state index contributed by atoms with van der Waals surface area (Å²) in [4.78, 5) is 0.0771. The first-order valence-corrected chi connectivity index (χ1v) is 9.47. The Kier molecular flexibility index (Phi) is 6.37. The largest absolute Gasteiger partial charge is 0.495 e. The van der Waals surface area contributed by atoms with Gasteiger partial charge in [-0.3, -0.25) is 0 Å². The van der Waals surface area contributed by atoms with E-state index in [1.54, 1.807) is 12.1 Å². The first-order chi connectivity index (χ1) is 11.5. The summed E-state index contributed by atoms with van der Waals surface area (Å²) >= 11 is 3.30. The van der Waals surface area contributed by atoms with E-state index in [4.69, 9.17) is 10.00 Å². The predicted molar refractivity (Wildman–Crippen MR) is 95.0 cm³/mol. The summed E-state index contributed by atoms with van der Waals surface area (Å²) in [6.07, 6.45) is 0.113. The molecular weight excluding hydrogens is 392 g/mol. The number of benzene rings is 2. The van der Waals surface area contributed by atoms with E-state index in [9.17, 15) is 8.42 Å². The molecule has 0 aliphatic heterocycles. The van der Waals surface area contributed by atoms with Crippen LogP contribution in [0.15, 0.2) is 57.9 Å². The fraction of sp³-hybridized carbons (Fsp3) is 0.235.